The van der Waals surface area contributed by atoms with Crippen LogP contribution in [-0.2, 0) is 17.8 Å². The van der Waals surface area contributed by atoms with Crippen molar-refractivity contribution in [2.24, 2.45) is 0 Å². The van der Waals surface area contributed by atoms with E-state index in [0.717, 1.165) is 36.6 Å². The van der Waals surface area contributed by atoms with E-state index in [0.29, 0.717) is 25.3 Å². The van der Waals surface area contributed by atoms with Crippen LogP contribution in [0.4, 0.5) is 0 Å². The summed E-state index contributed by atoms with van der Waals surface area (Å²) >= 11 is 0. The Morgan fingerprint density at radius 3 is 2.73 bits per heavy atom. The zero-order valence-corrected chi connectivity index (χ0v) is 19.2. The molecular weight excluding hydrogens is 416 g/mol. The Morgan fingerprint density at radius 2 is 1.94 bits per heavy atom. The molecule has 1 saturated heterocycles. The molecular formula is C26H30N4O3. The number of hydrogen-bond acceptors (Lipinski definition) is 5. The minimum absolute atomic E-state index is 0.00156. The Labute approximate surface area is 194 Å². The summed E-state index contributed by atoms with van der Waals surface area (Å²) in [7, 11) is 0. The van der Waals surface area contributed by atoms with Crippen LogP contribution in [0.1, 0.15) is 35.3 Å². The lowest BCUT2D eigenvalue weighted by molar-refractivity contribution is -0.0705. The predicted molar refractivity (Wildman–Crippen MR) is 126 cm³/mol. The summed E-state index contributed by atoms with van der Waals surface area (Å²) in [5.74, 6) is 0.866. The molecule has 7 nitrogen and oxygen atoms in total. The van der Waals surface area contributed by atoms with E-state index in [-0.39, 0.29) is 18.1 Å². The van der Waals surface area contributed by atoms with Crippen LogP contribution in [-0.4, -0.2) is 63.9 Å². The molecule has 2 atom stereocenters. The molecule has 2 aliphatic rings. The Hall–Kier alpha value is -3.16. The van der Waals surface area contributed by atoms with Crippen molar-refractivity contribution in [1.29, 1.82) is 0 Å². The fourth-order valence-corrected chi connectivity index (χ4v) is 4.78. The Balaban J connectivity index is 1.33. The molecule has 0 aliphatic carbocycles. The standard InChI is InChI=1S/C26H30N4O3/c1-19-15-28(16-20(2)33-19)17-21-7-8-25-23(13-21)18-29(11-12-32-25)26(31)22-5-3-6-24(14-22)30-10-4-9-27-30/h3-10,13-14,19-20H,11-12,15-18H2,1-2H3/t19-,20+. The Bertz CT molecular complexity index is 1100. The van der Waals surface area contributed by atoms with Gasteiger partial charge in [0.1, 0.15) is 12.4 Å². The number of carbonyl (C=O) groups is 1. The molecule has 172 valence electrons. The van der Waals surface area contributed by atoms with Crippen LogP contribution >= 0.6 is 0 Å². The fourth-order valence-electron chi connectivity index (χ4n) is 4.78. The van der Waals surface area contributed by atoms with E-state index in [9.17, 15) is 4.79 Å². The molecule has 1 aromatic heterocycles. The molecule has 0 unspecified atom stereocenters. The van der Waals surface area contributed by atoms with Gasteiger partial charge >= 0.3 is 0 Å². The summed E-state index contributed by atoms with van der Waals surface area (Å²) in [6, 6.07) is 15.8. The van der Waals surface area contributed by atoms with Crippen LogP contribution in [0.3, 0.4) is 0 Å². The Kier molecular flexibility index (Phi) is 6.15. The van der Waals surface area contributed by atoms with Crippen LogP contribution in [0.2, 0.25) is 0 Å². The molecule has 0 saturated carbocycles. The summed E-state index contributed by atoms with van der Waals surface area (Å²) in [6.07, 6.45) is 4.08. The molecule has 0 N–H and O–H groups in total. The van der Waals surface area contributed by atoms with Gasteiger partial charge in [-0.25, -0.2) is 4.68 Å². The summed E-state index contributed by atoms with van der Waals surface area (Å²) in [5.41, 5.74) is 3.80. The molecule has 2 aromatic carbocycles. The molecule has 0 bridgehead atoms. The Morgan fingerprint density at radius 1 is 1.09 bits per heavy atom. The maximum atomic E-state index is 13.4. The number of benzene rings is 2. The molecule has 5 rings (SSSR count). The smallest absolute Gasteiger partial charge is 0.254 e. The van der Waals surface area contributed by atoms with E-state index in [1.165, 1.54) is 5.56 Å². The van der Waals surface area contributed by atoms with Gasteiger partial charge in [-0.1, -0.05) is 12.1 Å². The lowest BCUT2D eigenvalue weighted by Gasteiger charge is -2.35. The molecule has 3 aromatic rings. The second-order valence-corrected chi connectivity index (χ2v) is 8.97. The minimum atomic E-state index is 0.00156. The first kappa shape index (κ1) is 21.7. The highest BCUT2D eigenvalue weighted by molar-refractivity contribution is 5.94. The van der Waals surface area contributed by atoms with Crippen LogP contribution in [0.5, 0.6) is 5.75 Å². The maximum Gasteiger partial charge on any atom is 0.254 e. The molecule has 1 amide bonds. The van der Waals surface area contributed by atoms with E-state index < -0.39 is 0 Å². The number of morpholine rings is 1. The minimum Gasteiger partial charge on any atom is -0.491 e. The third-order valence-corrected chi connectivity index (χ3v) is 6.16. The highest BCUT2D eigenvalue weighted by atomic mass is 16.5. The topological polar surface area (TPSA) is 59.8 Å². The molecule has 33 heavy (non-hydrogen) atoms. The van der Waals surface area contributed by atoms with E-state index in [1.807, 2.05) is 47.5 Å². The average Bonchev–Trinajstić information content (AvgIpc) is 3.25. The van der Waals surface area contributed by atoms with Crippen molar-refractivity contribution in [2.45, 2.75) is 39.1 Å². The van der Waals surface area contributed by atoms with Gasteiger partial charge in [-0.15, -0.1) is 0 Å². The summed E-state index contributed by atoms with van der Waals surface area (Å²) in [5, 5.41) is 4.27. The van der Waals surface area contributed by atoms with Crippen LogP contribution in [0, 0.1) is 0 Å². The molecule has 0 spiro atoms. The number of amides is 1. The second-order valence-electron chi connectivity index (χ2n) is 8.97. The quantitative estimate of drug-likeness (QED) is 0.614. The number of fused-ring (bicyclic) bond motifs is 1. The van der Waals surface area contributed by atoms with Crippen molar-refractivity contribution in [2.75, 3.05) is 26.2 Å². The van der Waals surface area contributed by atoms with E-state index in [1.54, 1.807) is 10.9 Å². The lowest BCUT2D eigenvalue weighted by atomic mass is 10.1. The summed E-state index contributed by atoms with van der Waals surface area (Å²) in [6.45, 7) is 8.53. The van der Waals surface area contributed by atoms with Gasteiger partial charge in [-0.3, -0.25) is 9.69 Å². The number of rotatable bonds is 4. The van der Waals surface area contributed by atoms with E-state index in [4.69, 9.17) is 9.47 Å². The van der Waals surface area contributed by atoms with Gasteiger partial charge in [-0.05, 0) is 55.8 Å². The number of nitrogens with zero attached hydrogens (tertiary/aromatic N) is 4. The largest absolute Gasteiger partial charge is 0.491 e. The third kappa shape index (κ3) is 4.94. The first-order valence-corrected chi connectivity index (χ1v) is 11.6. The zero-order chi connectivity index (χ0) is 22.8. The number of hydrogen-bond donors (Lipinski definition) is 0. The SMILES string of the molecule is C[C@@H]1CN(Cc2ccc3c(c2)CN(C(=O)c2cccc(-n4cccn4)c2)CCO3)C[C@H](C)O1. The first-order chi connectivity index (χ1) is 16.0. The first-order valence-electron chi connectivity index (χ1n) is 11.6. The second kappa shape index (κ2) is 9.37. The lowest BCUT2D eigenvalue weighted by Crippen LogP contribution is -2.44. The fraction of sp³-hybridized carbons (Fsp3) is 0.385. The van der Waals surface area contributed by atoms with Crippen molar-refractivity contribution in [3.8, 4) is 11.4 Å². The average molecular weight is 447 g/mol. The van der Waals surface area contributed by atoms with Crippen LogP contribution in [0.25, 0.3) is 5.69 Å². The predicted octanol–water partition coefficient (Wildman–Crippen LogP) is 3.52. The van der Waals surface area contributed by atoms with E-state index in [2.05, 4.69) is 36.0 Å². The van der Waals surface area contributed by atoms with Gasteiger partial charge in [0.25, 0.3) is 5.91 Å². The molecule has 0 radical (unpaired) electrons. The molecule has 1 fully saturated rings. The van der Waals surface area contributed by atoms with Gasteiger partial charge < -0.3 is 14.4 Å². The molecule has 3 heterocycles. The zero-order valence-electron chi connectivity index (χ0n) is 19.2. The van der Waals surface area contributed by atoms with Crippen LogP contribution < -0.4 is 4.74 Å². The highest BCUT2D eigenvalue weighted by Crippen LogP contribution is 2.27. The van der Waals surface area contributed by atoms with Crippen LogP contribution in [0.15, 0.2) is 60.9 Å². The molecule has 7 heteroatoms. The monoisotopic (exact) mass is 446 g/mol. The van der Waals surface area contributed by atoms with Crippen molar-refractivity contribution in [3.63, 3.8) is 0 Å². The van der Waals surface area contributed by atoms with Crippen molar-refractivity contribution in [1.82, 2.24) is 19.6 Å². The number of aromatic nitrogens is 2. The van der Waals surface area contributed by atoms with E-state index >= 15 is 0 Å². The van der Waals surface area contributed by atoms with Gasteiger partial charge in [0.15, 0.2) is 0 Å². The third-order valence-electron chi connectivity index (χ3n) is 6.16. The van der Waals surface area contributed by atoms with Gasteiger partial charge in [0, 0.05) is 49.7 Å². The van der Waals surface area contributed by atoms with Gasteiger partial charge in [-0.2, -0.15) is 5.10 Å². The summed E-state index contributed by atoms with van der Waals surface area (Å²) < 4.78 is 13.6. The van der Waals surface area contributed by atoms with Crippen molar-refractivity contribution >= 4 is 5.91 Å². The van der Waals surface area contributed by atoms with Crippen molar-refractivity contribution in [3.05, 3.63) is 77.6 Å². The maximum absolute atomic E-state index is 13.4. The normalized spacial score (nSPS) is 21.2. The number of carbonyl (C=O) groups excluding carboxylic acids is 1. The number of ether oxygens (including phenoxy) is 2. The summed E-state index contributed by atoms with van der Waals surface area (Å²) in [4.78, 5) is 17.7. The molecule has 2 aliphatic heterocycles. The van der Waals surface area contributed by atoms with Gasteiger partial charge in [0.2, 0.25) is 0 Å². The van der Waals surface area contributed by atoms with Gasteiger partial charge in [0.05, 0.1) is 24.4 Å². The highest BCUT2D eigenvalue weighted by Gasteiger charge is 2.24. The van der Waals surface area contributed by atoms with Crippen molar-refractivity contribution < 1.29 is 14.3 Å².